The molecule has 6 nitrogen and oxygen atoms in total. The molecule has 2 atom stereocenters. The number of carbonyl (C=O) groups is 1. The summed E-state index contributed by atoms with van der Waals surface area (Å²) in [6.45, 7) is 10.3. The molecule has 1 aromatic carbocycles. The minimum absolute atomic E-state index is 0.0134. The Hall–Kier alpha value is -1.79. The number of para-hydroxylation sites is 1. The summed E-state index contributed by atoms with van der Waals surface area (Å²) < 4.78 is 17.2. The van der Waals surface area contributed by atoms with E-state index in [9.17, 15) is 9.90 Å². The van der Waals surface area contributed by atoms with Gasteiger partial charge in [0.05, 0.1) is 37.0 Å². The van der Waals surface area contributed by atoms with Gasteiger partial charge in [-0.3, -0.25) is 4.90 Å². The van der Waals surface area contributed by atoms with E-state index < -0.39 is 11.2 Å². The summed E-state index contributed by atoms with van der Waals surface area (Å²) in [5.41, 5.74) is -0.847. The topological polar surface area (TPSA) is 68.2 Å². The van der Waals surface area contributed by atoms with Crippen LogP contribution in [0.4, 0.5) is 4.79 Å². The summed E-state index contributed by atoms with van der Waals surface area (Å²) in [5, 5.41) is 11.6. The van der Waals surface area contributed by atoms with E-state index in [2.05, 4.69) is 0 Å². The summed E-state index contributed by atoms with van der Waals surface area (Å²) in [7, 11) is 0. The van der Waals surface area contributed by atoms with Crippen molar-refractivity contribution < 1.29 is 24.1 Å². The maximum Gasteiger partial charge on any atom is 0.410 e. The zero-order valence-corrected chi connectivity index (χ0v) is 16.9. The number of rotatable bonds is 3. The molecule has 3 rings (SSSR count). The smallest absolute Gasteiger partial charge is 0.410 e. The Morgan fingerprint density at radius 3 is 2.37 bits per heavy atom. The maximum absolute atomic E-state index is 12.7. The number of aliphatic hydroxyl groups is 1. The van der Waals surface area contributed by atoms with E-state index in [0.29, 0.717) is 31.8 Å². The molecule has 1 aromatic rings. The number of carbonyl (C=O) groups excluding carboxylic acids is 1. The van der Waals surface area contributed by atoms with Gasteiger partial charge in [0.25, 0.3) is 0 Å². The van der Waals surface area contributed by atoms with Gasteiger partial charge in [-0.2, -0.15) is 0 Å². The molecule has 0 radical (unpaired) electrons. The van der Waals surface area contributed by atoms with Gasteiger partial charge in [0.2, 0.25) is 0 Å². The first kappa shape index (κ1) is 20.0. The normalized spacial score (nSPS) is 28.2. The molecule has 2 fully saturated rings. The van der Waals surface area contributed by atoms with Crippen molar-refractivity contribution in [3.05, 3.63) is 29.8 Å². The lowest BCUT2D eigenvalue weighted by atomic mass is 9.76. The van der Waals surface area contributed by atoms with Crippen molar-refractivity contribution in [2.24, 2.45) is 0 Å². The first-order valence-corrected chi connectivity index (χ1v) is 9.67. The quantitative estimate of drug-likeness (QED) is 0.874. The van der Waals surface area contributed by atoms with E-state index in [1.165, 1.54) is 0 Å². The highest BCUT2D eigenvalue weighted by atomic mass is 16.6. The Morgan fingerprint density at radius 1 is 1.22 bits per heavy atom. The van der Waals surface area contributed by atoms with E-state index in [4.69, 9.17) is 14.2 Å². The summed E-state index contributed by atoms with van der Waals surface area (Å²) >= 11 is 0. The largest absolute Gasteiger partial charge is 0.491 e. The summed E-state index contributed by atoms with van der Waals surface area (Å²) in [4.78, 5) is 14.5. The number of nitrogens with zero attached hydrogens (tertiary/aromatic N) is 1. The van der Waals surface area contributed by atoms with Gasteiger partial charge in [-0.15, -0.1) is 0 Å². The summed E-state index contributed by atoms with van der Waals surface area (Å²) in [6.07, 6.45) is 0.455. The molecule has 2 bridgehead atoms. The third-order valence-electron chi connectivity index (χ3n) is 4.91. The third-order valence-corrected chi connectivity index (χ3v) is 4.91. The zero-order valence-electron chi connectivity index (χ0n) is 16.9. The molecule has 27 heavy (non-hydrogen) atoms. The van der Waals surface area contributed by atoms with Crippen LogP contribution in [0.3, 0.4) is 0 Å². The van der Waals surface area contributed by atoms with E-state index in [1.54, 1.807) is 4.90 Å². The highest BCUT2D eigenvalue weighted by Gasteiger charge is 2.50. The van der Waals surface area contributed by atoms with Crippen LogP contribution in [0.25, 0.3) is 0 Å². The molecule has 0 aliphatic carbocycles. The second-order valence-electron chi connectivity index (χ2n) is 8.84. The SMILES string of the molecule is CC(C)Oc1ccccc1C1(O)CC2COCC(C1)N2C(=O)OC(C)(C)C. The van der Waals surface area contributed by atoms with E-state index in [0.717, 1.165) is 5.56 Å². The predicted octanol–water partition coefficient (Wildman–Crippen LogP) is 3.46. The summed E-state index contributed by atoms with van der Waals surface area (Å²) in [6, 6.07) is 7.16. The van der Waals surface area contributed by atoms with Crippen LogP contribution in [0, 0.1) is 0 Å². The van der Waals surface area contributed by atoms with Crippen LogP contribution >= 0.6 is 0 Å². The average Bonchev–Trinajstić information content (AvgIpc) is 2.52. The van der Waals surface area contributed by atoms with Crippen molar-refractivity contribution in [2.45, 2.75) is 76.9 Å². The Balaban J connectivity index is 1.87. The summed E-state index contributed by atoms with van der Waals surface area (Å²) in [5.74, 6) is 0.694. The first-order chi connectivity index (χ1) is 12.6. The Labute approximate surface area is 161 Å². The highest BCUT2D eigenvalue weighted by molar-refractivity contribution is 5.69. The number of morpholine rings is 1. The van der Waals surface area contributed by atoms with Crippen molar-refractivity contribution in [1.29, 1.82) is 0 Å². The second kappa shape index (κ2) is 7.32. The first-order valence-electron chi connectivity index (χ1n) is 9.67. The number of fused-ring (bicyclic) bond motifs is 2. The van der Waals surface area contributed by atoms with E-state index in [-0.39, 0.29) is 24.3 Å². The molecule has 2 unspecified atom stereocenters. The molecule has 150 valence electrons. The van der Waals surface area contributed by atoms with Crippen molar-refractivity contribution in [2.75, 3.05) is 13.2 Å². The Kier molecular flexibility index (Phi) is 5.41. The molecule has 2 aliphatic rings. The Morgan fingerprint density at radius 2 is 1.81 bits per heavy atom. The number of amides is 1. The second-order valence-corrected chi connectivity index (χ2v) is 8.84. The van der Waals surface area contributed by atoms with Crippen LogP contribution in [0.2, 0.25) is 0 Å². The predicted molar refractivity (Wildman–Crippen MR) is 102 cm³/mol. The number of hydrogen-bond acceptors (Lipinski definition) is 5. The van der Waals surface area contributed by atoms with Crippen molar-refractivity contribution in [3.8, 4) is 5.75 Å². The van der Waals surface area contributed by atoms with Gasteiger partial charge in [-0.05, 0) is 40.7 Å². The van der Waals surface area contributed by atoms with Gasteiger partial charge in [0.15, 0.2) is 0 Å². The van der Waals surface area contributed by atoms with Crippen molar-refractivity contribution in [3.63, 3.8) is 0 Å². The number of hydrogen-bond donors (Lipinski definition) is 1. The number of ether oxygens (including phenoxy) is 3. The monoisotopic (exact) mass is 377 g/mol. The molecule has 1 amide bonds. The molecule has 6 heteroatoms. The van der Waals surface area contributed by atoms with Gasteiger partial charge in [0, 0.05) is 18.4 Å². The molecule has 2 heterocycles. The van der Waals surface area contributed by atoms with Crippen LogP contribution in [0.5, 0.6) is 5.75 Å². The van der Waals surface area contributed by atoms with Crippen LogP contribution in [0.15, 0.2) is 24.3 Å². The lowest BCUT2D eigenvalue weighted by Crippen LogP contribution is -2.63. The van der Waals surface area contributed by atoms with Gasteiger partial charge in [-0.1, -0.05) is 18.2 Å². The zero-order chi connectivity index (χ0) is 19.8. The Bertz CT molecular complexity index is 667. The average molecular weight is 377 g/mol. The van der Waals surface area contributed by atoms with Crippen molar-refractivity contribution in [1.82, 2.24) is 4.90 Å². The maximum atomic E-state index is 12.7. The molecular weight excluding hydrogens is 346 g/mol. The van der Waals surface area contributed by atoms with Crippen LogP contribution in [-0.2, 0) is 15.1 Å². The van der Waals surface area contributed by atoms with Gasteiger partial charge in [-0.25, -0.2) is 4.79 Å². The molecule has 2 aliphatic heterocycles. The van der Waals surface area contributed by atoms with Crippen molar-refractivity contribution >= 4 is 6.09 Å². The fraction of sp³-hybridized carbons (Fsp3) is 0.667. The van der Waals surface area contributed by atoms with Crippen LogP contribution < -0.4 is 4.74 Å². The van der Waals surface area contributed by atoms with Gasteiger partial charge in [0.1, 0.15) is 11.4 Å². The third kappa shape index (κ3) is 4.38. The molecule has 0 aromatic heterocycles. The van der Waals surface area contributed by atoms with E-state index in [1.807, 2.05) is 58.9 Å². The standard InChI is InChI=1S/C21H31NO5/c1-14(2)26-18-9-7-6-8-17(18)21(24)10-15-12-25-13-16(11-21)22(15)19(23)27-20(3,4)5/h6-9,14-16,24H,10-13H2,1-5H3. The molecular formula is C21H31NO5. The molecule has 2 saturated heterocycles. The molecule has 0 saturated carbocycles. The lowest BCUT2D eigenvalue weighted by Gasteiger charge is -2.51. The van der Waals surface area contributed by atoms with Gasteiger partial charge >= 0.3 is 6.09 Å². The minimum atomic E-state index is -1.07. The molecule has 1 N–H and O–H groups in total. The fourth-order valence-electron chi connectivity index (χ4n) is 4.02. The minimum Gasteiger partial charge on any atom is -0.491 e. The van der Waals surface area contributed by atoms with E-state index >= 15 is 0 Å². The fourth-order valence-corrected chi connectivity index (χ4v) is 4.02. The lowest BCUT2D eigenvalue weighted by molar-refractivity contribution is -0.141. The van der Waals surface area contributed by atoms with Gasteiger partial charge < -0.3 is 19.3 Å². The van der Waals surface area contributed by atoms with Crippen LogP contribution in [0.1, 0.15) is 53.0 Å². The number of piperidine rings is 1. The van der Waals surface area contributed by atoms with Crippen LogP contribution in [-0.4, -0.2) is 53.1 Å². The molecule has 0 spiro atoms. The highest BCUT2D eigenvalue weighted by Crippen LogP contribution is 2.44. The number of benzene rings is 1.